The fourth-order valence-corrected chi connectivity index (χ4v) is 3.04. The van der Waals surface area contributed by atoms with Crippen molar-refractivity contribution in [2.24, 2.45) is 17.8 Å². The Labute approximate surface area is 95.0 Å². The first-order valence-electron chi connectivity index (χ1n) is 6.99. The maximum absolute atomic E-state index is 3.64. The molecule has 0 amide bonds. The van der Waals surface area contributed by atoms with Gasteiger partial charge in [0.15, 0.2) is 0 Å². The zero-order valence-corrected chi connectivity index (χ0v) is 10.5. The van der Waals surface area contributed by atoms with E-state index in [9.17, 15) is 0 Å². The number of rotatable bonds is 5. The second kappa shape index (κ2) is 5.34. The summed E-state index contributed by atoms with van der Waals surface area (Å²) in [5.41, 5.74) is 0. The second-order valence-electron chi connectivity index (χ2n) is 6.03. The summed E-state index contributed by atoms with van der Waals surface area (Å²) in [7, 11) is 0. The van der Waals surface area contributed by atoms with Crippen molar-refractivity contribution >= 4 is 0 Å². The van der Waals surface area contributed by atoms with Crippen LogP contribution in [0.2, 0.25) is 0 Å². The maximum atomic E-state index is 3.64. The van der Waals surface area contributed by atoms with Gasteiger partial charge in [0.2, 0.25) is 0 Å². The summed E-state index contributed by atoms with van der Waals surface area (Å²) in [5, 5.41) is 3.64. The fraction of sp³-hybridized carbons (Fsp3) is 1.00. The van der Waals surface area contributed by atoms with Gasteiger partial charge in [-0.2, -0.15) is 0 Å². The molecule has 1 nitrogen and oxygen atoms in total. The standard InChI is InChI=1S/C14H27N/c1-11-4-3-5-13(10-11)12(2)8-9-15-14-6-7-14/h11-15H,3-10H2,1-2H3. The van der Waals surface area contributed by atoms with E-state index >= 15 is 0 Å². The number of hydrogen-bond acceptors (Lipinski definition) is 1. The molecule has 2 saturated carbocycles. The minimum atomic E-state index is 0.891. The van der Waals surface area contributed by atoms with Crippen molar-refractivity contribution in [3.05, 3.63) is 0 Å². The lowest BCUT2D eigenvalue weighted by molar-refractivity contribution is 0.206. The van der Waals surface area contributed by atoms with Crippen LogP contribution in [-0.2, 0) is 0 Å². The first-order chi connectivity index (χ1) is 7.25. The lowest BCUT2D eigenvalue weighted by Crippen LogP contribution is -2.25. The summed E-state index contributed by atoms with van der Waals surface area (Å²) in [6.45, 7) is 6.16. The van der Waals surface area contributed by atoms with Gasteiger partial charge in [-0.15, -0.1) is 0 Å². The Morgan fingerprint density at radius 2 is 2.00 bits per heavy atom. The van der Waals surface area contributed by atoms with Crippen LogP contribution in [-0.4, -0.2) is 12.6 Å². The second-order valence-corrected chi connectivity index (χ2v) is 6.03. The molecule has 2 aliphatic carbocycles. The molecule has 0 bridgehead atoms. The monoisotopic (exact) mass is 209 g/mol. The maximum Gasteiger partial charge on any atom is 0.00682 e. The van der Waals surface area contributed by atoms with E-state index in [0.29, 0.717) is 0 Å². The van der Waals surface area contributed by atoms with Crippen LogP contribution in [0.5, 0.6) is 0 Å². The van der Waals surface area contributed by atoms with Gasteiger partial charge in [0, 0.05) is 6.04 Å². The van der Waals surface area contributed by atoms with Crippen molar-refractivity contribution in [3.8, 4) is 0 Å². The van der Waals surface area contributed by atoms with Crippen LogP contribution in [0, 0.1) is 17.8 Å². The van der Waals surface area contributed by atoms with Gasteiger partial charge >= 0.3 is 0 Å². The molecule has 88 valence electrons. The molecule has 2 aliphatic rings. The van der Waals surface area contributed by atoms with Crippen LogP contribution in [0.4, 0.5) is 0 Å². The van der Waals surface area contributed by atoms with Gasteiger partial charge in [-0.3, -0.25) is 0 Å². The molecular formula is C14H27N. The lowest BCUT2D eigenvalue weighted by atomic mass is 9.75. The van der Waals surface area contributed by atoms with Gasteiger partial charge in [-0.05, 0) is 50.0 Å². The van der Waals surface area contributed by atoms with Crippen LogP contribution >= 0.6 is 0 Å². The van der Waals surface area contributed by atoms with Gasteiger partial charge in [0.05, 0.1) is 0 Å². The van der Waals surface area contributed by atoms with E-state index in [0.717, 1.165) is 23.8 Å². The molecule has 3 unspecified atom stereocenters. The molecule has 0 radical (unpaired) electrons. The molecule has 2 fully saturated rings. The predicted octanol–water partition coefficient (Wildman–Crippen LogP) is 3.59. The minimum absolute atomic E-state index is 0.891. The normalized spacial score (nSPS) is 34.0. The van der Waals surface area contributed by atoms with Crippen molar-refractivity contribution in [3.63, 3.8) is 0 Å². The largest absolute Gasteiger partial charge is 0.314 e. The molecule has 3 atom stereocenters. The summed E-state index contributed by atoms with van der Waals surface area (Å²) in [6, 6.07) is 0.891. The molecule has 2 rings (SSSR count). The first-order valence-corrected chi connectivity index (χ1v) is 6.99. The summed E-state index contributed by atoms with van der Waals surface area (Å²) >= 11 is 0. The van der Waals surface area contributed by atoms with Gasteiger partial charge in [0.25, 0.3) is 0 Å². The highest BCUT2D eigenvalue weighted by atomic mass is 14.9. The lowest BCUT2D eigenvalue weighted by Gasteiger charge is -2.31. The Kier molecular flexibility index (Phi) is 4.07. The molecule has 0 aromatic carbocycles. The van der Waals surface area contributed by atoms with E-state index in [1.807, 2.05) is 0 Å². The van der Waals surface area contributed by atoms with Crippen molar-refractivity contribution in [2.45, 2.75) is 64.8 Å². The molecule has 0 aromatic rings. The first kappa shape index (κ1) is 11.4. The third-order valence-corrected chi connectivity index (χ3v) is 4.39. The van der Waals surface area contributed by atoms with Crippen LogP contribution in [0.3, 0.4) is 0 Å². The summed E-state index contributed by atoms with van der Waals surface area (Å²) in [4.78, 5) is 0. The summed E-state index contributed by atoms with van der Waals surface area (Å²) in [6.07, 6.45) is 10.2. The fourth-order valence-electron chi connectivity index (χ4n) is 3.04. The summed E-state index contributed by atoms with van der Waals surface area (Å²) < 4.78 is 0. The molecule has 1 N–H and O–H groups in total. The third kappa shape index (κ3) is 3.79. The molecule has 1 heteroatoms. The average Bonchev–Trinajstić information content (AvgIpc) is 3.01. The number of hydrogen-bond donors (Lipinski definition) is 1. The molecular weight excluding hydrogens is 182 g/mol. The highest BCUT2D eigenvalue weighted by Crippen LogP contribution is 2.34. The minimum Gasteiger partial charge on any atom is -0.314 e. The Morgan fingerprint density at radius 3 is 2.67 bits per heavy atom. The highest BCUT2D eigenvalue weighted by molar-refractivity contribution is 4.81. The van der Waals surface area contributed by atoms with Gasteiger partial charge in [-0.25, -0.2) is 0 Å². The Hall–Kier alpha value is -0.0400. The highest BCUT2D eigenvalue weighted by Gasteiger charge is 2.24. The van der Waals surface area contributed by atoms with Crippen molar-refractivity contribution in [1.29, 1.82) is 0 Å². The summed E-state index contributed by atoms with van der Waals surface area (Å²) in [5.74, 6) is 2.95. The van der Waals surface area contributed by atoms with Crippen molar-refractivity contribution in [2.75, 3.05) is 6.54 Å². The predicted molar refractivity (Wildman–Crippen MR) is 65.9 cm³/mol. The van der Waals surface area contributed by atoms with Gasteiger partial charge in [-0.1, -0.05) is 33.1 Å². The van der Waals surface area contributed by atoms with E-state index in [2.05, 4.69) is 19.2 Å². The van der Waals surface area contributed by atoms with Crippen LogP contribution in [0.15, 0.2) is 0 Å². The topological polar surface area (TPSA) is 12.0 Å². The van der Waals surface area contributed by atoms with E-state index in [-0.39, 0.29) is 0 Å². The Balaban J connectivity index is 1.62. The van der Waals surface area contributed by atoms with Crippen molar-refractivity contribution in [1.82, 2.24) is 5.32 Å². The quantitative estimate of drug-likeness (QED) is 0.729. The van der Waals surface area contributed by atoms with Crippen LogP contribution in [0.25, 0.3) is 0 Å². The van der Waals surface area contributed by atoms with Crippen molar-refractivity contribution < 1.29 is 0 Å². The van der Waals surface area contributed by atoms with Crippen LogP contribution in [0.1, 0.15) is 58.8 Å². The van der Waals surface area contributed by atoms with Crippen LogP contribution < -0.4 is 5.32 Å². The van der Waals surface area contributed by atoms with E-state index < -0.39 is 0 Å². The molecule has 0 spiro atoms. The molecule has 0 aromatic heterocycles. The third-order valence-electron chi connectivity index (χ3n) is 4.39. The Morgan fingerprint density at radius 1 is 1.20 bits per heavy atom. The zero-order chi connectivity index (χ0) is 10.7. The Bertz CT molecular complexity index is 186. The SMILES string of the molecule is CC1CCCC(C(C)CCNC2CC2)C1. The molecule has 0 heterocycles. The van der Waals surface area contributed by atoms with Gasteiger partial charge in [0.1, 0.15) is 0 Å². The van der Waals surface area contributed by atoms with E-state index in [4.69, 9.17) is 0 Å². The molecule has 0 saturated heterocycles. The average molecular weight is 209 g/mol. The van der Waals surface area contributed by atoms with E-state index in [1.54, 1.807) is 0 Å². The molecule has 15 heavy (non-hydrogen) atoms. The van der Waals surface area contributed by atoms with E-state index in [1.165, 1.54) is 51.5 Å². The molecule has 0 aliphatic heterocycles. The van der Waals surface area contributed by atoms with Gasteiger partial charge < -0.3 is 5.32 Å². The smallest absolute Gasteiger partial charge is 0.00682 e. The number of nitrogens with one attached hydrogen (secondary N) is 1. The zero-order valence-electron chi connectivity index (χ0n) is 10.5.